The van der Waals surface area contributed by atoms with Crippen LogP contribution in [0.1, 0.15) is 12.8 Å². The Kier molecular flexibility index (Phi) is 4.91. The van der Waals surface area contributed by atoms with Crippen LogP contribution in [-0.4, -0.2) is 59.3 Å². The molecule has 0 aliphatic carbocycles. The molecule has 2 aromatic rings. The van der Waals surface area contributed by atoms with E-state index in [1.807, 2.05) is 47.4 Å². The number of carbonyl (C=O) groups is 1. The minimum absolute atomic E-state index is 0.0320. The molecule has 0 spiro atoms. The van der Waals surface area contributed by atoms with Crippen molar-refractivity contribution in [3.63, 3.8) is 0 Å². The summed E-state index contributed by atoms with van der Waals surface area (Å²) >= 11 is 0. The molecule has 2 fully saturated rings. The summed E-state index contributed by atoms with van der Waals surface area (Å²) in [4.78, 5) is 16.9. The van der Waals surface area contributed by atoms with E-state index in [4.69, 9.17) is 0 Å². The highest BCUT2D eigenvalue weighted by molar-refractivity contribution is 5.94. The molecule has 136 valence electrons. The predicted molar refractivity (Wildman–Crippen MR) is 103 cm³/mol. The topological polar surface area (TPSA) is 55.8 Å². The average Bonchev–Trinajstić information content (AvgIpc) is 2.67. The van der Waals surface area contributed by atoms with Gasteiger partial charge in [0, 0.05) is 37.8 Å². The highest BCUT2D eigenvalue weighted by atomic mass is 16.3. The molecule has 4 rings (SSSR count). The van der Waals surface area contributed by atoms with Gasteiger partial charge in [-0.05, 0) is 24.5 Å². The fraction of sp³-hybridized carbons (Fsp3) is 0.381. The summed E-state index contributed by atoms with van der Waals surface area (Å²) in [5, 5.41) is 12.5. The van der Waals surface area contributed by atoms with Crippen LogP contribution in [0.3, 0.4) is 0 Å². The zero-order chi connectivity index (χ0) is 17.9. The molecule has 0 unspecified atom stereocenters. The van der Waals surface area contributed by atoms with Gasteiger partial charge in [0.1, 0.15) is 0 Å². The Morgan fingerprint density at radius 3 is 2.31 bits per heavy atom. The number of aliphatic hydroxyl groups excluding tert-OH is 1. The lowest BCUT2D eigenvalue weighted by molar-refractivity contribution is -0.0368. The smallest absolute Gasteiger partial charge is 0.321 e. The molecule has 2 saturated heterocycles. The van der Waals surface area contributed by atoms with Gasteiger partial charge in [0.25, 0.3) is 0 Å². The van der Waals surface area contributed by atoms with Crippen molar-refractivity contribution in [1.82, 2.24) is 9.80 Å². The summed E-state index contributed by atoms with van der Waals surface area (Å²) in [5.41, 5.74) is 2.97. The molecule has 2 aromatic carbocycles. The zero-order valence-corrected chi connectivity index (χ0v) is 14.8. The number of anilines is 1. The number of hydrogen-bond donors (Lipinski definition) is 2. The number of piperidine rings is 1. The highest BCUT2D eigenvalue weighted by Crippen LogP contribution is 2.28. The van der Waals surface area contributed by atoms with Crippen LogP contribution in [0.15, 0.2) is 54.6 Å². The van der Waals surface area contributed by atoms with Crippen LogP contribution in [-0.2, 0) is 0 Å². The molecule has 2 N–H and O–H groups in total. The number of benzene rings is 2. The van der Waals surface area contributed by atoms with Crippen LogP contribution in [0.4, 0.5) is 10.5 Å². The Labute approximate surface area is 154 Å². The van der Waals surface area contributed by atoms with Crippen molar-refractivity contribution in [2.75, 3.05) is 31.5 Å². The van der Waals surface area contributed by atoms with Gasteiger partial charge in [-0.25, -0.2) is 4.79 Å². The van der Waals surface area contributed by atoms with Gasteiger partial charge >= 0.3 is 6.03 Å². The van der Waals surface area contributed by atoms with Crippen molar-refractivity contribution in [3.05, 3.63) is 54.6 Å². The van der Waals surface area contributed by atoms with E-state index >= 15 is 0 Å². The van der Waals surface area contributed by atoms with E-state index in [9.17, 15) is 9.90 Å². The van der Waals surface area contributed by atoms with Crippen molar-refractivity contribution in [3.8, 4) is 11.1 Å². The molecule has 0 saturated carbocycles. The number of amides is 2. The molecular weight excluding hydrogens is 326 g/mol. The summed E-state index contributed by atoms with van der Waals surface area (Å²) < 4.78 is 0. The molecular formula is C21H25N3O2. The first-order valence-electron chi connectivity index (χ1n) is 9.33. The Morgan fingerprint density at radius 2 is 1.62 bits per heavy atom. The number of para-hydroxylation sites is 1. The minimum Gasteiger partial charge on any atom is -0.390 e. The number of urea groups is 1. The third-order valence-electron chi connectivity index (χ3n) is 5.41. The molecule has 2 aliphatic heterocycles. The molecule has 2 aliphatic rings. The van der Waals surface area contributed by atoms with Gasteiger partial charge < -0.3 is 15.3 Å². The second-order valence-corrected chi connectivity index (χ2v) is 7.17. The Morgan fingerprint density at radius 1 is 0.962 bits per heavy atom. The van der Waals surface area contributed by atoms with Crippen LogP contribution < -0.4 is 5.32 Å². The standard InChI is InChI=1S/C21H25N3O2/c25-18-14-24(15-18)17-10-12-23(13-11-17)21(26)22-20-9-5-4-8-19(20)16-6-2-1-3-7-16/h1-9,17-18,25H,10-15H2,(H,22,26). The van der Waals surface area contributed by atoms with Crippen molar-refractivity contribution < 1.29 is 9.90 Å². The lowest BCUT2D eigenvalue weighted by Gasteiger charge is -2.45. The van der Waals surface area contributed by atoms with E-state index in [0.717, 1.165) is 55.8 Å². The molecule has 5 heteroatoms. The molecule has 0 atom stereocenters. The second kappa shape index (κ2) is 7.48. The largest absolute Gasteiger partial charge is 0.390 e. The Hall–Kier alpha value is -2.37. The minimum atomic E-state index is -0.161. The van der Waals surface area contributed by atoms with Crippen LogP contribution in [0.2, 0.25) is 0 Å². The van der Waals surface area contributed by atoms with Crippen molar-refractivity contribution in [2.45, 2.75) is 25.0 Å². The maximum absolute atomic E-state index is 12.7. The summed E-state index contributed by atoms with van der Waals surface area (Å²) in [7, 11) is 0. The highest BCUT2D eigenvalue weighted by Gasteiger charge is 2.33. The maximum atomic E-state index is 12.7. The van der Waals surface area contributed by atoms with Gasteiger partial charge in [-0.1, -0.05) is 48.5 Å². The molecule has 0 aromatic heterocycles. The number of nitrogens with zero attached hydrogens (tertiary/aromatic N) is 2. The van der Waals surface area contributed by atoms with Crippen molar-refractivity contribution >= 4 is 11.7 Å². The summed E-state index contributed by atoms with van der Waals surface area (Å²) in [5.74, 6) is 0. The van der Waals surface area contributed by atoms with E-state index in [0.29, 0.717) is 6.04 Å². The van der Waals surface area contributed by atoms with Gasteiger partial charge in [0.2, 0.25) is 0 Å². The molecule has 5 nitrogen and oxygen atoms in total. The lowest BCUT2D eigenvalue weighted by Crippen LogP contribution is -2.58. The van der Waals surface area contributed by atoms with Crippen molar-refractivity contribution in [1.29, 1.82) is 0 Å². The summed E-state index contributed by atoms with van der Waals surface area (Å²) in [6, 6.07) is 18.5. The SMILES string of the molecule is O=C(Nc1ccccc1-c1ccccc1)N1CCC(N2CC(O)C2)CC1. The summed E-state index contributed by atoms with van der Waals surface area (Å²) in [6.45, 7) is 3.08. The molecule has 26 heavy (non-hydrogen) atoms. The third kappa shape index (κ3) is 3.59. The maximum Gasteiger partial charge on any atom is 0.321 e. The number of aliphatic hydroxyl groups is 1. The van der Waals surface area contributed by atoms with E-state index < -0.39 is 0 Å². The second-order valence-electron chi connectivity index (χ2n) is 7.17. The monoisotopic (exact) mass is 351 g/mol. The first kappa shape index (κ1) is 17.1. The predicted octanol–water partition coefficient (Wildman–Crippen LogP) is 3.03. The number of likely N-dealkylation sites (tertiary alicyclic amines) is 2. The first-order chi connectivity index (χ1) is 12.7. The quantitative estimate of drug-likeness (QED) is 0.894. The van der Waals surface area contributed by atoms with E-state index in [-0.39, 0.29) is 12.1 Å². The number of rotatable bonds is 3. The summed E-state index contributed by atoms with van der Waals surface area (Å²) in [6.07, 6.45) is 1.78. The normalized spacial score (nSPS) is 19.2. The van der Waals surface area contributed by atoms with Gasteiger partial charge in [-0.2, -0.15) is 0 Å². The number of β-amino-alcohol motifs (C(OH)–C–C–N with tert-alkyl or cyclic N) is 1. The fourth-order valence-electron chi connectivity index (χ4n) is 3.88. The Bertz CT molecular complexity index is 751. The molecule has 0 bridgehead atoms. The molecule has 2 amide bonds. The van der Waals surface area contributed by atoms with E-state index in [1.54, 1.807) is 0 Å². The van der Waals surface area contributed by atoms with Crippen molar-refractivity contribution in [2.24, 2.45) is 0 Å². The zero-order valence-electron chi connectivity index (χ0n) is 14.8. The van der Waals surface area contributed by atoms with Gasteiger partial charge in [0.05, 0.1) is 11.8 Å². The van der Waals surface area contributed by atoms with Crippen LogP contribution in [0.25, 0.3) is 11.1 Å². The fourth-order valence-corrected chi connectivity index (χ4v) is 3.88. The molecule has 2 heterocycles. The van der Waals surface area contributed by atoms with Crippen LogP contribution in [0.5, 0.6) is 0 Å². The van der Waals surface area contributed by atoms with E-state index in [2.05, 4.69) is 22.3 Å². The van der Waals surface area contributed by atoms with Gasteiger partial charge in [-0.15, -0.1) is 0 Å². The van der Waals surface area contributed by atoms with Crippen LogP contribution >= 0.6 is 0 Å². The van der Waals surface area contributed by atoms with Gasteiger partial charge in [-0.3, -0.25) is 4.90 Å². The van der Waals surface area contributed by atoms with Crippen LogP contribution in [0, 0.1) is 0 Å². The Balaban J connectivity index is 1.39. The number of hydrogen-bond acceptors (Lipinski definition) is 3. The number of carbonyl (C=O) groups excluding carboxylic acids is 1. The molecule has 0 radical (unpaired) electrons. The lowest BCUT2D eigenvalue weighted by atomic mass is 9.99. The van der Waals surface area contributed by atoms with E-state index in [1.165, 1.54) is 0 Å². The van der Waals surface area contributed by atoms with Gasteiger partial charge in [0.15, 0.2) is 0 Å². The third-order valence-corrected chi connectivity index (χ3v) is 5.41. The average molecular weight is 351 g/mol. The first-order valence-corrected chi connectivity index (χ1v) is 9.33. The number of nitrogens with one attached hydrogen (secondary N) is 1.